The smallest absolute Gasteiger partial charge is 0.0931 e. The lowest BCUT2D eigenvalue weighted by atomic mass is 10.1. The summed E-state index contributed by atoms with van der Waals surface area (Å²) in [4.78, 5) is 1.28. The van der Waals surface area contributed by atoms with Crippen LogP contribution in [0.1, 0.15) is 37.6 Å². The second-order valence-corrected chi connectivity index (χ2v) is 5.72. The van der Waals surface area contributed by atoms with Crippen molar-refractivity contribution in [3.05, 3.63) is 21.3 Å². The molecule has 2 atom stereocenters. The fourth-order valence-corrected chi connectivity index (χ4v) is 2.83. The number of thiophene rings is 1. The Hall–Kier alpha value is -0.0900. The van der Waals surface area contributed by atoms with E-state index in [0.29, 0.717) is 12.1 Å². The standard InChI is InChI=1S/C12H20ClNOS/c1-4-5-10(8-15-3)14-9(2)11-6-7-12(13)16-11/h6-7,9-10,14H,4-5,8H2,1-3H3. The predicted octanol–water partition coefficient (Wildman–Crippen LogP) is 3.87. The van der Waals surface area contributed by atoms with Crippen LogP contribution >= 0.6 is 22.9 Å². The van der Waals surface area contributed by atoms with E-state index in [4.69, 9.17) is 16.3 Å². The molecule has 0 spiro atoms. The molecule has 1 heterocycles. The van der Waals surface area contributed by atoms with Crippen LogP contribution in [0.25, 0.3) is 0 Å². The maximum absolute atomic E-state index is 5.93. The van der Waals surface area contributed by atoms with Crippen molar-refractivity contribution in [3.63, 3.8) is 0 Å². The third kappa shape index (κ3) is 4.42. The molecule has 2 nitrogen and oxygen atoms in total. The highest BCUT2D eigenvalue weighted by Gasteiger charge is 2.13. The van der Waals surface area contributed by atoms with E-state index in [1.54, 1.807) is 18.4 Å². The number of rotatable bonds is 7. The Morgan fingerprint density at radius 3 is 2.75 bits per heavy atom. The molecule has 92 valence electrons. The van der Waals surface area contributed by atoms with E-state index in [1.807, 2.05) is 6.07 Å². The first kappa shape index (κ1) is 14.0. The van der Waals surface area contributed by atoms with Crippen molar-refractivity contribution in [1.82, 2.24) is 5.32 Å². The van der Waals surface area contributed by atoms with Gasteiger partial charge in [-0.15, -0.1) is 11.3 Å². The van der Waals surface area contributed by atoms with Gasteiger partial charge in [0.15, 0.2) is 0 Å². The van der Waals surface area contributed by atoms with E-state index in [2.05, 4.69) is 25.2 Å². The van der Waals surface area contributed by atoms with Crippen LogP contribution in [-0.4, -0.2) is 19.8 Å². The summed E-state index contributed by atoms with van der Waals surface area (Å²) in [6.07, 6.45) is 2.30. The number of halogens is 1. The van der Waals surface area contributed by atoms with Crippen LogP contribution < -0.4 is 5.32 Å². The number of ether oxygens (including phenoxy) is 1. The molecule has 0 saturated carbocycles. The summed E-state index contributed by atoms with van der Waals surface area (Å²) in [5, 5.41) is 3.58. The lowest BCUT2D eigenvalue weighted by molar-refractivity contribution is 0.157. The molecule has 0 radical (unpaired) electrons. The van der Waals surface area contributed by atoms with Gasteiger partial charge < -0.3 is 10.1 Å². The van der Waals surface area contributed by atoms with Gasteiger partial charge in [0.25, 0.3) is 0 Å². The molecule has 0 fully saturated rings. The van der Waals surface area contributed by atoms with E-state index >= 15 is 0 Å². The van der Waals surface area contributed by atoms with Gasteiger partial charge in [-0.25, -0.2) is 0 Å². The lowest BCUT2D eigenvalue weighted by Crippen LogP contribution is -2.34. The molecule has 1 rings (SSSR count). The Morgan fingerprint density at radius 1 is 1.50 bits per heavy atom. The molecule has 0 saturated heterocycles. The number of hydrogen-bond donors (Lipinski definition) is 1. The molecular formula is C12H20ClNOS. The Balaban J connectivity index is 2.50. The van der Waals surface area contributed by atoms with Crippen molar-refractivity contribution >= 4 is 22.9 Å². The first-order valence-corrected chi connectivity index (χ1v) is 6.87. The van der Waals surface area contributed by atoms with Crippen LogP contribution in [0, 0.1) is 0 Å². The van der Waals surface area contributed by atoms with Crippen LogP contribution in [-0.2, 0) is 4.74 Å². The number of nitrogens with one attached hydrogen (secondary N) is 1. The first-order valence-electron chi connectivity index (χ1n) is 5.67. The molecule has 1 N–H and O–H groups in total. The van der Waals surface area contributed by atoms with Gasteiger partial charge in [0.1, 0.15) is 0 Å². The zero-order valence-electron chi connectivity index (χ0n) is 10.1. The van der Waals surface area contributed by atoms with Gasteiger partial charge in [0.2, 0.25) is 0 Å². The second-order valence-electron chi connectivity index (χ2n) is 3.97. The summed E-state index contributed by atoms with van der Waals surface area (Å²) in [7, 11) is 1.75. The Bertz CT molecular complexity index is 297. The minimum atomic E-state index is 0.337. The molecule has 0 aromatic carbocycles. The zero-order valence-corrected chi connectivity index (χ0v) is 11.7. The molecule has 0 bridgehead atoms. The zero-order chi connectivity index (χ0) is 12.0. The van der Waals surface area contributed by atoms with Crippen LogP contribution in [0.2, 0.25) is 4.34 Å². The molecule has 16 heavy (non-hydrogen) atoms. The SMILES string of the molecule is CCCC(COC)NC(C)c1ccc(Cl)s1. The highest BCUT2D eigenvalue weighted by Crippen LogP contribution is 2.27. The van der Waals surface area contributed by atoms with E-state index in [-0.39, 0.29) is 0 Å². The molecule has 0 aliphatic heterocycles. The number of hydrogen-bond acceptors (Lipinski definition) is 3. The van der Waals surface area contributed by atoms with E-state index in [9.17, 15) is 0 Å². The van der Waals surface area contributed by atoms with E-state index < -0.39 is 0 Å². The third-order valence-electron chi connectivity index (χ3n) is 2.51. The predicted molar refractivity (Wildman–Crippen MR) is 71.5 cm³/mol. The van der Waals surface area contributed by atoms with E-state index in [0.717, 1.165) is 17.4 Å². The molecule has 2 unspecified atom stereocenters. The topological polar surface area (TPSA) is 21.3 Å². The molecule has 1 aromatic rings. The van der Waals surface area contributed by atoms with Gasteiger partial charge in [-0.1, -0.05) is 24.9 Å². The van der Waals surface area contributed by atoms with Crippen molar-refractivity contribution in [3.8, 4) is 0 Å². The first-order chi connectivity index (χ1) is 7.67. The van der Waals surface area contributed by atoms with Crippen LogP contribution in [0.15, 0.2) is 12.1 Å². The summed E-state index contributed by atoms with van der Waals surface area (Å²) in [5.41, 5.74) is 0. The summed E-state index contributed by atoms with van der Waals surface area (Å²) in [6, 6.07) is 4.79. The van der Waals surface area contributed by atoms with Crippen molar-refractivity contribution in [2.45, 2.75) is 38.8 Å². The van der Waals surface area contributed by atoms with Crippen molar-refractivity contribution < 1.29 is 4.74 Å². The molecular weight excluding hydrogens is 242 g/mol. The Kier molecular flexibility index (Phi) is 6.36. The Morgan fingerprint density at radius 2 is 2.25 bits per heavy atom. The Labute approximate surface area is 107 Å². The van der Waals surface area contributed by atoms with Crippen molar-refractivity contribution in [2.75, 3.05) is 13.7 Å². The number of methoxy groups -OCH3 is 1. The summed E-state index contributed by atoms with van der Waals surface area (Å²) >= 11 is 7.57. The third-order valence-corrected chi connectivity index (χ3v) is 3.93. The van der Waals surface area contributed by atoms with Crippen LogP contribution in [0.3, 0.4) is 0 Å². The molecule has 0 amide bonds. The van der Waals surface area contributed by atoms with Crippen LogP contribution in [0.4, 0.5) is 0 Å². The van der Waals surface area contributed by atoms with Crippen molar-refractivity contribution in [1.29, 1.82) is 0 Å². The summed E-state index contributed by atoms with van der Waals surface area (Å²) < 4.78 is 6.06. The molecule has 4 heteroatoms. The second kappa shape index (κ2) is 7.28. The minimum Gasteiger partial charge on any atom is -0.383 e. The molecule has 0 aliphatic rings. The summed E-state index contributed by atoms with van der Waals surface area (Å²) in [5.74, 6) is 0. The van der Waals surface area contributed by atoms with Gasteiger partial charge in [-0.05, 0) is 25.5 Å². The van der Waals surface area contributed by atoms with E-state index in [1.165, 1.54) is 11.3 Å². The average Bonchev–Trinajstić information content (AvgIpc) is 2.65. The van der Waals surface area contributed by atoms with Gasteiger partial charge >= 0.3 is 0 Å². The maximum atomic E-state index is 5.93. The monoisotopic (exact) mass is 261 g/mol. The highest BCUT2D eigenvalue weighted by atomic mass is 35.5. The van der Waals surface area contributed by atoms with Gasteiger partial charge in [0.05, 0.1) is 10.9 Å². The molecule has 1 aromatic heterocycles. The van der Waals surface area contributed by atoms with Crippen LogP contribution in [0.5, 0.6) is 0 Å². The fourth-order valence-electron chi connectivity index (χ4n) is 1.76. The van der Waals surface area contributed by atoms with Gasteiger partial charge in [-0.3, -0.25) is 0 Å². The van der Waals surface area contributed by atoms with Crippen molar-refractivity contribution in [2.24, 2.45) is 0 Å². The minimum absolute atomic E-state index is 0.337. The van der Waals surface area contributed by atoms with Gasteiger partial charge in [0, 0.05) is 24.1 Å². The summed E-state index contributed by atoms with van der Waals surface area (Å²) in [6.45, 7) is 5.12. The lowest BCUT2D eigenvalue weighted by Gasteiger charge is -2.21. The molecule has 0 aliphatic carbocycles. The van der Waals surface area contributed by atoms with Gasteiger partial charge in [-0.2, -0.15) is 0 Å². The average molecular weight is 262 g/mol. The largest absolute Gasteiger partial charge is 0.383 e. The quantitative estimate of drug-likeness (QED) is 0.805. The highest BCUT2D eigenvalue weighted by molar-refractivity contribution is 7.16. The fraction of sp³-hybridized carbons (Fsp3) is 0.667. The normalized spacial score (nSPS) is 15.0. The maximum Gasteiger partial charge on any atom is 0.0931 e.